The van der Waals surface area contributed by atoms with E-state index in [4.69, 9.17) is 4.74 Å². The lowest BCUT2D eigenvalue weighted by Gasteiger charge is -2.12. The summed E-state index contributed by atoms with van der Waals surface area (Å²) in [6, 6.07) is 18.9. The maximum atomic E-state index is 11.8. The molecule has 0 saturated carbocycles. The Kier molecular flexibility index (Phi) is 4.42. The number of benzene rings is 2. The van der Waals surface area contributed by atoms with E-state index in [0.29, 0.717) is 5.56 Å². The standard InChI is InChI=1S/C15H14O2S/c1-12(18-14-10-6-3-7-11-14)17-15(16)13-8-4-2-5-9-13/h2-12H,1H3. The molecule has 2 aromatic carbocycles. The first kappa shape index (κ1) is 12.7. The molecule has 0 aliphatic rings. The predicted octanol–water partition coefficient (Wildman–Crippen LogP) is 3.98. The number of thioether (sulfide) groups is 1. The molecule has 2 nitrogen and oxygen atoms in total. The van der Waals surface area contributed by atoms with Gasteiger partial charge in [-0.1, -0.05) is 48.2 Å². The summed E-state index contributed by atoms with van der Waals surface area (Å²) in [5.41, 5.74) is 0.373. The summed E-state index contributed by atoms with van der Waals surface area (Å²) in [5.74, 6) is -0.286. The van der Waals surface area contributed by atoms with Crippen molar-refractivity contribution >= 4 is 17.7 Å². The predicted molar refractivity (Wildman–Crippen MR) is 73.6 cm³/mol. The summed E-state index contributed by atoms with van der Waals surface area (Å²) in [4.78, 5) is 12.9. The number of hydrogen-bond acceptors (Lipinski definition) is 3. The van der Waals surface area contributed by atoms with Gasteiger partial charge in [-0.2, -0.15) is 0 Å². The Labute approximate surface area is 111 Å². The fourth-order valence-electron chi connectivity index (χ4n) is 1.51. The van der Waals surface area contributed by atoms with Gasteiger partial charge in [-0.25, -0.2) is 4.79 Å². The Morgan fingerprint density at radius 1 is 1.00 bits per heavy atom. The first-order valence-electron chi connectivity index (χ1n) is 5.73. The van der Waals surface area contributed by atoms with Gasteiger partial charge >= 0.3 is 5.97 Å². The van der Waals surface area contributed by atoms with Crippen molar-refractivity contribution in [2.45, 2.75) is 17.3 Å². The summed E-state index contributed by atoms with van der Waals surface area (Å²) < 4.78 is 5.36. The molecule has 2 rings (SSSR count). The summed E-state index contributed by atoms with van der Waals surface area (Å²) >= 11 is 1.52. The van der Waals surface area contributed by atoms with Gasteiger partial charge in [0, 0.05) is 4.90 Å². The quantitative estimate of drug-likeness (QED) is 0.471. The molecule has 3 heteroatoms. The van der Waals surface area contributed by atoms with Crippen LogP contribution in [0.3, 0.4) is 0 Å². The van der Waals surface area contributed by atoms with Crippen molar-refractivity contribution in [1.29, 1.82) is 0 Å². The number of esters is 1. The highest BCUT2D eigenvalue weighted by Gasteiger charge is 2.12. The molecule has 0 N–H and O–H groups in total. The van der Waals surface area contributed by atoms with Crippen molar-refractivity contribution in [3.8, 4) is 0 Å². The van der Waals surface area contributed by atoms with E-state index in [1.165, 1.54) is 11.8 Å². The average molecular weight is 258 g/mol. The Bertz CT molecular complexity index is 496. The fourth-order valence-corrected chi connectivity index (χ4v) is 2.34. The van der Waals surface area contributed by atoms with Gasteiger partial charge in [0.1, 0.15) is 5.44 Å². The zero-order valence-corrected chi connectivity index (χ0v) is 10.9. The second-order valence-electron chi connectivity index (χ2n) is 3.77. The molecule has 0 fully saturated rings. The lowest BCUT2D eigenvalue weighted by molar-refractivity contribution is 0.0482. The number of ether oxygens (including phenoxy) is 1. The molecule has 2 aromatic rings. The van der Waals surface area contributed by atoms with Crippen LogP contribution >= 0.6 is 11.8 Å². The van der Waals surface area contributed by atoms with Crippen LogP contribution in [0.4, 0.5) is 0 Å². The highest BCUT2D eigenvalue weighted by atomic mass is 32.2. The van der Waals surface area contributed by atoms with Crippen molar-refractivity contribution in [2.24, 2.45) is 0 Å². The van der Waals surface area contributed by atoms with E-state index in [2.05, 4.69) is 0 Å². The van der Waals surface area contributed by atoms with Crippen molar-refractivity contribution in [2.75, 3.05) is 0 Å². The maximum absolute atomic E-state index is 11.8. The number of rotatable bonds is 4. The minimum Gasteiger partial charge on any atom is -0.448 e. The van der Waals surface area contributed by atoms with Crippen molar-refractivity contribution in [1.82, 2.24) is 0 Å². The number of carbonyl (C=O) groups excluding carboxylic acids is 1. The Hall–Kier alpha value is -1.74. The normalized spacial score (nSPS) is 11.8. The first-order chi connectivity index (χ1) is 8.75. The second kappa shape index (κ2) is 6.26. The van der Waals surface area contributed by atoms with Gasteiger partial charge in [0.15, 0.2) is 0 Å². The highest BCUT2D eigenvalue weighted by Crippen LogP contribution is 2.24. The van der Waals surface area contributed by atoms with E-state index in [9.17, 15) is 4.79 Å². The van der Waals surface area contributed by atoms with Crippen LogP contribution in [0.5, 0.6) is 0 Å². The summed E-state index contributed by atoms with van der Waals surface area (Å²) in [6.07, 6.45) is 0. The summed E-state index contributed by atoms with van der Waals surface area (Å²) in [7, 11) is 0. The molecule has 0 aliphatic carbocycles. The average Bonchev–Trinajstić information content (AvgIpc) is 2.40. The van der Waals surface area contributed by atoms with Crippen LogP contribution in [0.2, 0.25) is 0 Å². The maximum Gasteiger partial charge on any atom is 0.339 e. The van der Waals surface area contributed by atoms with E-state index in [1.54, 1.807) is 12.1 Å². The van der Waals surface area contributed by atoms with Crippen molar-refractivity contribution < 1.29 is 9.53 Å². The third-order valence-corrected chi connectivity index (χ3v) is 3.30. The largest absolute Gasteiger partial charge is 0.448 e. The molecule has 1 atom stereocenters. The van der Waals surface area contributed by atoms with Gasteiger partial charge in [-0.15, -0.1) is 0 Å². The number of hydrogen-bond donors (Lipinski definition) is 0. The molecule has 92 valence electrons. The van der Waals surface area contributed by atoms with Crippen molar-refractivity contribution in [3.05, 3.63) is 66.2 Å². The molecule has 0 amide bonds. The van der Waals surface area contributed by atoms with Crippen LogP contribution in [0.25, 0.3) is 0 Å². The van der Waals surface area contributed by atoms with Gasteiger partial charge < -0.3 is 4.74 Å². The minimum absolute atomic E-state index is 0.208. The van der Waals surface area contributed by atoms with Gasteiger partial charge in [0.05, 0.1) is 5.56 Å². The van der Waals surface area contributed by atoms with E-state index in [0.717, 1.165) is 4.90 Å². The third kappa shape index (κ3) is 3.64. The zero-order chi connectivity index (χ0) is 12.8. The number of carbonyl (C=O) groups is 1. The molecular formula is C15H14O2S. The molecule has 0 aromatic heterocycles. The lowest BCUT2D eigenvalue weighted by Crippen LogP contribution is -2.11. The molecule has 0 radical (unpaired) electrons. The van der Waals surface area contributed by atoms with E-state index >= 15 is 0 Å². The van der Waals surface area contributed by atoms with Gasteiger partial charge in [0.2, 0.25) is 0 Å². The third-order valence-electron chi connectivity index (χ3n) is 2.33. The van der Waals surface area contributed by atoms with Gasteiger partial charge in [0.25, 0.3) is 0 Å². The van der Waals surface area contributed by atoms with Crippen LogP contribution in [-0.2, 0) is 4.74 Å². The highest BCUT2D eigenvalue weighted by molar-refractivity contribution is 7.99. The van der Waals surface area contributed by atoms with Gasteiger partial charge in [-0.05, 0) is 31.2 Å². The van der Waals surface area contributed by atoms with Crippen LogP contribution in [0, 0.1) is 0 Å². The van der Waals surface area contributed by atoms with Crippen LogP contribution < -0.4 is 0 Å². The second-order valence-corrected chi connectivity index (χ2v) is 5.14. The molecule has 0 heterocycles. The molecule has 0 saturated heterocycles. The first-order valence-corrected chi connectivity index (χ1v) is 6.61. The molecule has 1 unspecified atom stereocenters. The van der Waals surface area contributed by atoms with Gasteiger partial charge in [-0.3, -0.25) is 0 Å². The lowest BCUT2D eigenvalue weighted by atomic mass is 10.2. The smallest absolute Gasteiger partial charge is 0.339 e. The SMILES string of the molecule is CC(OC(=O)c1ccccc1)Sc1ccccc1. The van der Waals surface area contributed by atoms with E-state index in [1.807, 2.05) is 55.5 Å². The topological polar surface area (TPSA) is 26.3 Å². The minimum atomic E-state index is -0.286. The van der Waals surface area contributed by atoms with Crippen LogP contribution in [0.15, 0.2) is 65.6 Å². The molecule has 0 bridgehead atoms. The van der Waals surface area contributed by atoms with E-state index in [-0.39, 0.29) is 11.4 Å². The Morgan fingerprint density at radius 3 is 2.17 bits per heavy atom. The van der Waals surface area contributed by atoms with Crippen molar-refractivity contribution in [3.63, 3.8) is 0 Å². The molecule has 0 aliphatic heterocycles. The monoisotopic (exact) mass is 258 g/mol. The summed E-state index contributed by atoms with van der Waals surface area (Å²) in [5, 5.41) is 0. The van der Waals surface area contributed by atoms with Crippen LogP contribution in [-0.4, -0.2) is 11.4 Å². The Morgan fingerprint density at radius 2 is 1.56 bits per heavy atom. The zero-order valence-electron chi connectivity index (χ0n) is 10.1. The van der Waals surface area contributed by atoms with E-state index < -0.39 is 0 Å². The van der Waals surface area contributed by atoms with Crippen LogP contribution in [0.1, 0.15) is 17.3 Å². The fraction of sp³-hybridized carbons (Fsp3) is 0.133. The molecular weight excluding hydrogens is 244 g/mol. The Balaban J connectivity index is 1.92. The molecule has 0 spiro atoms. The molecule has 18 heavy (non-hydrogen) atoms. The summed E-state index contributed by atoms with van der Waals surface area (Å²) in [6.45, 7) is 1.87.